The smallest absolute Gasteiger partial charge is 0.0445 e. The number of aliphatic hydroxyl groups excluding tert-OH is 1. The maximum Gasteiger partial charge on any atom is 0.0445 e. The second-order valence-electron chi connectivity index (χ2n) is 2.20. The van der Waals surface area contributed by atoms with Crippen molar-refractivity contribution in [2.75, 3.05) is 13.2 Å². The SMILES string of the molecule is NCCCC(N)CCO. The number of hydrogen-bond donors (Lipinski definition) is 3. The van der Waals surface area contributed by atoms with Gasteiger partial charge in [-0.25, -0.2) is 0 Å². The molecule has 3 nitrogen and oxygen atoms in total. The minimum absolute atomic E-state index is 0.138. The highest BCUT2D eigenvalue weighted by atomic mass is 16.3. The summed E-state index contributed by atoms with van der Waals surface area (Å²) in [5.74, 6) is 0. The molecule has 9 heavy (non-hydrogen) atoms. The summed E-state index contributed by atoms with van der Waals surface area (Å²) < 4.78 is 0. The van der Waals surface area contributed by atoms with Crippen molar-refractivity contribution >= 4 is 0 Å². The standard InChI is InChI=1S/C6H16N2O/c7-4-1-2-6(8)3-5-9/h6,9H,1-5,7-8H2. The van der Waals surface area contributed by atoms with Gasteiger partial charge >= 0.3 is 0 Å². The molecule has 0 aliphatic carbocycles. The predicted octanol–water partition coefficient (Wildman–Crippen LogP) is -0.565. The number of aliphatic hydroxyl groups is 1. The van der Waals surface area contributed by atoms with Crippen LogP contribution >= 0.6 is 0 Å². The molecule has 56 valence electrons. The van der Waals surface area contributed by atoms with Gasteiger partial charge in [0.1, 0.15) is 0 Å². The fourth-order valence-electron chi connectivity index (χ4n) is 0.690. The summed E-state index contributed by atoms with van der Waals surface area (Å²) >= 11 is 0. The van der Waals surface area contributed by atoms with E-state index in [0.29, 0.717) is 13.0 Å². The van der Waals surface area contributed by atoms with Crippen molar-refractivity contribution in [1.82, 2.24) is 0 Å². The molecule has 1 unspecified atom stereocenters. The van der Waals surface area contributed by atoms with E-state index >= 15 is 0 Å². The second kappa shape index (κ2) is 6.01. The molecule has 0 aliphatic rings. The van der Waals surface area contributed by atoms with Crippen molar-refractivity contribution in [3.05, 3.63) is 0 Å². The van der Waals surface area contributed by atoms with E-state index in [-0.39, 0.29) is 12.6 Å². The molecule has 5 N–H and O–H groups in total. The maximum atomic E-state index is 8.42. The highest BCUT2D eigenvalue weighted by Crippen LogP contribution is 1.95. The van der Waals surface area contributed by atoms with E-state index < -0.39 is 0 Å². The van der Waals surface area contributed by atoms with Crippen molar-refractivity contribution < 1.29 is 5.11 Å². The molecule has 1 atom stereocenters. The summed E-state index contributed by atoms with van der Waals surface area (Å²) in [7, 11) is 0. The zero-order valence-electron chi connectivity index (χ0n) is 5.71. The molecule has 0 heterocycles. The van der Waals surface area contributed by atoms with E-state index in [0.717, 1.165) is 12.8 Å². The van der Waals surface area contributed by atoms with Crippen LogP contribution in [0.2, 0.25) is 0 Å². The Balaban J connectivity index is 2.95. The molecule has 0 radical (unpaired) electrons. The van der Waals surface area contributed by atoms with Gasteiger partial charge in [-0.1, -0.05) is 0 Å². The monoisotopic (exact) mass is 132 g/mol. The zero-order chi connectivity index (χ0) is 7.11. The van der Waals surface area contributed by atoms with Crippen molar-refractivity contribution in [3.63, 3.8) is 0 Å². The topological polar surface area (TPSA) is 72.3 Å². The van der Waals surface area contributed by atoms with Crippen LogP contribution in [-0.2, 0) is 0 Å². The minimum Gasteiger partial charge on any atom is -0.396 e. The van der Waals surface area contributed by atoms with E-state index in [1.54, 1.807) is 0 Å². The summed E-state index contributed by atoms with van der Waals surface area (Å²) in [6.07, 6.45) is 2.58. The van der Waals surface area contributed by atoms with Gasteiger partial charge in [0.05, 0.1) is 0 Å². The van der Waals surface area contributed by atoms with E-state index in [1.165, 1.54) is 0 Å². The van der Waals surface area contributed by atoms with Crippen molar-refractivity contribution in [2.45, 2.75) is 25.3 Å². The van der Waals surface area contributed by atoms with Crippen LogP contribution in [-0.4, -0.2) is 24.3 Å². The van der Waals surface area contributed by atoms with Crippen LogP contribution in [0, 0.1) is 0 Å². The Morgan fingerprint density at radius 1 is 1.33 bits per heavy atom. The molecule has 0 bridgehead atoms. The Morgan fingerprint density at radius 3 is 2.44 bits per heavy atom. The molecule has 0 aromatic rings. The van der Waals surface area contributed by atoms with Crippen LogP contribution in [0.15, 0.2) is 0 Å². The summed E-state index contributed by atoms with van der Waals surface area (Å²) in [5.41, 5.74) is 10.8. The molecular formula is C6H16N2O. The molecule has 0 saturated carbocycles. The molecule has 0 spiro atoms. The van der Waals surface area contributed by atoms with E-state index in [4.69, 9.17) is 16.6 Å². The first kappa shape index (κ1) is 8.88. The van der Waals surface area contributed by atoms with Gasteiger partial charge in [-0.3, -0.25) is 0 Å². The predicted molar refractivity (Wildman–Crippen MR) is 38.0 cm³/mol. The van der Waals surface area contributed by atoms with Gasteiger partial charge in [0.15, 0.2) is 0 Å². The Bertz CT molecular complexity index is 59.0. The summed E-state index contributed by atoms with van der Waals surface area (Å²) in [5, 5.41) is 8.42. The summed E-state index contributed by atoms with van der Waals surface area (Å²) in [4.78, 5) is 0. The Hall–Kier alpha value is -0.120. The van der Waals surface area contributed by atoms with Crippen molar-refractivity contribution in [2.24, 2.45) is 11.5 Å². The van der Waals surface area contributed by atoms with Crippen LogP contribution in [0.1, 0.15) is 19.3 Å². The van der Waals surface area contributed by atoms with Gasteiger partial charge in [0.2, 0.25) is 0 Å². The van der Waals surface area contributed by atoms with Crippen LogP contribution < -0.4 is 11.5 Å². The highest BCUT2D eigenvalue weighted by Gasteiger charge is 1.98. The lowest BCUT2D eigenvalue weighted by Gasteiger charge is -2.06. The van der Waals surface area contributed by atoms with Gasteiger partial charge in [0, 0.05) is 12.6 Å². The van der Waals surface area contributed by atoms with Gasteiger partial charge in [-0.2, -0.15) is 0 Å². The maximum absolute atomic E-state index is 8.42. The third-order valence-corrected chi connectivity index (χ3v) is 1.28. The van der Waals surface area contributed by atoms with Crippen LogP contribution in [0.25, 0.3) is 0 Å². The quantitative estimate of drug-likeness (QED) is 0.469. The third kappa shape index (κ3) is 5.76. The molecule has 0 aliphatic heterocycles. The number of rotatable bonds is 5. The highest BCUT2D eigenvalue weighted by molar-refractivity contribution is 4.59. The average Bonchev–Trinajstić information content (AvgIpc) is 1.85. The second-order valence-corrected chi connectivity index (χ2v) is 2.20. The molecule has 0 fully saturated rings. The van der Waals surface area contributed by atoms with E-state index in [1.807, 2.05) is 0 Å². The molecular weight excluding hydrogens is 116 g/mol. The number of nitrogens with two attached hydrogens (primary N) is 2. The minimum atomic E-state index is 0.138. The lowest BCUT2D eigenvalue weighted by atomic mass is 10.1. The Morgan fingerprint density at radius 2 is 2.00 bits per heavy atom. The number of hydrogen-bond acceptors (Lipinski definition) is 3. The van der Waals surface area contributed by atoms with E-state index in [2.05, 4.69) is 0 Å². The van der Waals surface area contributed by atoms with Crippen LogP contribution in [0.5, 0.6) is 0 Å². The van der Waals surface area contributed by atoms with Gasteiger partial charge in [-0.05, 0) is 25.8 Å². The fourth-order valence-corrected chi connectivity index (χ4v) is 0.690. The Labute approximate surface area is 56.0 Å². The molecule has 0 rings (SSSR count). The fraction of sp³-hybridized carbons (Fsp3) is 1.00. The zero-order valence-corrected chi connectivity index (χ0v) is 5.71. The molecule has 0 aromatic heterocycles. The molecule has 3 heteroatoms. The van der Waals surface area contributed by atoms with Gasteiger partial charge in [-0.15, -0.1) is 0 Å². The largest absolute Gasteiger partial charge is 0.396 e. The summed E-state index contributed by atoms with van der Waals surface area (Å²) in [6, 6.07) is 0.138. The summed E-state index contributed by atoms with van der Waals surface area (Å²) in [6.45, 7) is 0.880. The normalized spacial score (nSPS) is 13.7. The lowest BCUT2D eigenvalue weighted by molar-refractivity contribution is 0.272. The van der Waals surface area contributed by atoms with Crippen LogP contribution in [0.4, 0.5) is 0 Å². The van der Waals surface area contributed by atoms with Crippen molar-refractivity contribution in [1.29, 1.82) is 0 Å². The third-order valence-electron chi connectivity index (χ3n) is 1.28. The first-order chi connectivity index (χ1) is 4.31. The first-order valence-corrected chi connectivity index (χ1v) is 3.37. The van der Waals surface area contributed by atoms with Gasteiger partial charge < -0.3 is 16.6 Å². The van der Waals surface area contributed by atoms with Gasteiger partial charge in [0.25, 0.3) is 0 Å². The Kier molecular flexibility index (Phi) is 5.93. The average molecular weight is 132 g/mol. The lowest BCUT2D eigenvalue weighted by Crippen LogP contribution is -2.22. The van der Waals surface area contributed by atoms with Crippen LogP contribution in [0.3, 0.4) is 0 Å². The van der Waals surface area contributed by atoms with E-state index in [9.17, 15) is 0 Å². The first-order valence-electron chi connectivity index (χ1n) is 3.37. The molecule has 0 aromatic carbocycles. The molecule has 0 saturated heterocycles. The van der Waals surface area contributed by atoms with Crippen molar-refractivity contribution in [3.8, 4) is 0 Å². The molecule has 0 amide bonds.